The maximum atomic E-state index is 10.3. The Bertz CT molecular complexity index is 168. The van der Waals surface area contributed by atoms with Crippen molar-refractivity contribution in [1.82, 2.24) is 0 Å². The lowest BCUT2D eigenvalue weighted by atomic mass is 10.0. The van der Waals surface area contributed by atoms with Crippen molar-refractivity contribution >= 4 is 6.29 Å². The predicted octanol–water partition coefficient (Wildman–Crippen LogP) is 0.891. The number of aliphatic hydroxyl groups excluding tert-OH is 2. The van der Waals surface area contributed by atoms with Crippen molar-refractivity contribution in [2.24, 2.45) is 0 Å². The van der Waals surface area contributed by atoms with Crippen LogP contribution in [0.5, 0.6) is 0 Å². The standard InChI is InChI=1S/C11H22O4/c1-8(2)15-11(5-4-6-12)10(14)7-9(3)13/h6,8-11,13-14H,4-5,7H2,1-3H3. The lowest BCUT2D eigenvalue weighted by Gasteiger charge is -2.25. The van der Waals surface area contributed by atoms with Gasteiger partial charge in [0.1, 0.15) is 6.29 Å². The Morgan fingerprint density at radius 3 is 2.27 bits per heavy atom. The van der Waals surface area contributed by atoms with Crippen LogP contribution in [0, 0.1) is 0 Å². The molecule has 3 unspecified atom stereocenters. The van der Waals surface area contributed by atoms with Crippen molar-refractivity contribution in [3.05, 3.63) is 0 Å². The average molecular weight is 218 g/mol. The topological polar surface area (TPSA) is 66.8 Å². The van der Waals surface area contributed by atoms with E-state index in [1.54, 1.807) is 6.92 Å². The molecule has 4 heteroatoms. The van der Waals surface area contributed by atoms with Gasteiger partial charge >= 0.3 is 0 Å². The highest BCUT2D eigenvalue weighted by Gasteiger charge is 2.22. The number of aliphatic hydroxyl groups is 2. The van der Waals surface area contributed by atoms with E-state index in [0.29, 0.717) is 12.8 Å². The van der Waals surface area contributed by atoms with Gasteiger partial charge in [0, 0.05) is 12.8 Å². The third-order valence-electron chi connectivity index (χ3n) is 2.03. The molecule has 0 spiro atoms. The SMILES string of the molecule is CC(O)CC(O)C(CCC=O)OC(C)C. The van der Waals surface area contributed by atoms with E-state index in [-0.39, 0.29) is 18.6 Å². The number of carbonyl (C=O) groups is 1. The van der Waals surface area contributed by atoms with Gasteiger partial charge in [0.05, 0.1) is 24.4 Å². The zero-order chi connectivity index (χ0) is 11.8. The minimum absolute atomic E-state index is 0.00491. The number of hydrogen-bond acceptors (Lipinski definition) is 4. The van der Waals surface area contributed by atoms with E-state index in [1.165, 1.54) is 0 Å². The summed E-state index contributed by atoms with van der Waals surface area (Å²) in [6.07, 6.45) is 0.309. The summed E-state index contributed by atoms with van der Waals surface area (Å²) in [6.45, 7) is 5.38. The average Bonchev–Trinajstić information content (AvgIpc) is 2.10. The van der Waals surface area contributed by atoms with Crippen LogP contribution in [0.4, 0.5) is 0 Å². The van der Waals surface area contributed by atoms with Crippen molar-refractivity contribution in [3.8, 4) is 0 Å². The Morgan fingerprint density at radius 2 is 1.87 bits per heavy atom. The molecule has 2 N–H and O–H groups in total. The summed E-state index contributed by atoms with van der Waals surface area (Å²) in [5, 5.41) is 18.9. The molecule has 0 fully saturated rings. The smallest absolute Gasteiger partial charge is 0.120 e. The number of hydrogen-bond donors (Lipinski definition) is 2. The second-order valence-corrected chi connectivity index (χ2v) is 4.12. The Balaban J connectivity index is 4.12. The van der Waals surface area contributed by atoms with Gasteiger partial charge in [-0.05, 0) is 27.2 Å². The van der Waals surface area contributed by atoms with Gasteiger partial charge in [0.2, 0.25) is 0 Å². The molecule has 15 heavy (non-hydrogen) atoms. The van der Waals surface area contributed by atoms with Crippen LogP contribution in [0.2, 0.25) is 0 Å². The molecule has 0 radical (unpaired) electrons. The quantitative estimate of drug-likeness (QED) is 0.594. The molecule has 0 amide bonds. The van der Waals surface area contributed by atoms with Crippen LogP contribution in [0.3, 0.4) is 0 Å². The first-order chi connectivity index (χ1) is 6.97. The summed E-state index contributed by atoms with van der Waals surface area (Å²) in [7, 11) is 0. The lowest BCUT2D eigenvalue weighted by Crippen LogP contribution is -2.33. The van der Waals surface area contributed by atoms with Crippen molar-refractivity contribution in [2.75, 3.05) is 0 Å². The molecule has 0 heterocycles. The van der Waals surface area contributed by atoms with Gasteiger partial charge in [0.25, 0.3) is 0 Å². The van der Waals surface area contributed by atoms with Crippen LogP contribution in [-0.2, 0) is 9.53 Å². The molecule has 0 aromatic rings. The van der Waals surface area contributed by atoms with Crippen LogP contribution >= 0.6 is 0 Å². The second kappa shape index (κ2) is 7.79. The second-order valence-electron chi connectivity index (χ2n) is 4.12. The van der Waals surface area contributed by atoms with Crippen LogP contribution in [0.15, 0.2) is 0 Å². The first kappa shape index (κ1) is 14.6. The monoisotopic (exact) mass is 218 g/mol. The van der Waals surface area contributed by atoms with Gasteiger partial charge < -0.3 is 19.7 Å². The fourth-order valence-electron chi connectivity index (χ4n) is 1.43. The molecule has 0 aliphatic heterocycles. The molecule has 0 bridgehead atoms. The normalized spacial score (nSPS) is 17.5. The van der Waals surface area contributed by atoms with E-state index in [2.05, 4.69) is 0 Å². The summed E-state index contributed by atoms with van der Waals surface area (Å²) in [4.78, 5) is 10.3. The maximum Gasteiger partial charge on any atom is 0.120 e. The number of ether oxygens (including phenoxy) is 1. The molecule has 0 aliphatic carbocycles. The van der Waals surface area contributed by atoms with E-state index in [4.69, 9.17) is 9.84 Å². The molecule has 0 aromatic carbocycles. The van der Waals surface area contributed by atoms with Crippen molar-refractivity contribution in [2.45, 2.75) is 64.4 Å². The number of aldehydes is 1. The summed E-state index contributed by atoms with van der Waals surface area (Å²) < 4.78 is 5.50. The summed E-state index contributed by atoms with van der Waals surface area (Å²) in [5.74, 6) is 0. The molecule has 4 nitrogen and oxygen atoms in total. The van der Waals surface area contributed by atoms with Gasteiger partial charge in [-0.25, -0.2) is 0 Å². The van der Waals surface area contributed by atoms with Crippen molar-refractivity contribution in [3.63, 3.8) is 0 Å². The molecule has 3 atom stereocenters. The molecule has 0 saturated heterocycles. The Labute approximate surface area is 91.3 Å². The third-order valence-corrected chi connectivity index (χ3v) is 2.03. The first-order valence-corrected chi connectivity index (χ1v) is 5.42. The van der Waals surface area contributed by atoms with Gasteiger partial charge in [-0.15, -0.1) is 0 Å². The van der Waals surface area contributed by atoms with Gasteiger partial charge in [0.15, 0.2) is 0 Å². The first-order valence-electron chi connectivity index (χ1n) is 5.42. The van der Waals surface area contributed by atoms with E-state index in [0.717, 1.165) is 6.29 Å². The highest BCUT2D eigenvalue weighted by atomic mass is 16.5. The van der Waals surface area contributed by atoms with Crippen LogP contribution in [-0.4, -0.2) is 40.9 Å². The third kappa shape index (κ3) is 7.48. The summed E-state index contributed by atoms with van der Waals surface area (Å²) in [5.41, 5.74) is 0. The van der Waals surface area contributed by atoms with Crippen LogP contribution < -0.4 is 0 Å². The van der Waals surface area contributed by atoms with Crippen molar-refractivity contribution in [1.29, 1.82) is 0 Å². The summed E-state index contributed by atoms with van der Waals surface area (Å²) >= 11 is 0. The molecular formula is C11H22O4. The van der Waals surface area contributed by atoms with E-state index in [9.17, 15) is 9.90 Å². The molecule has 0 aliphatic rings. The Morgan fingerprint density at radius 1 is 1.27 bits per heavy atom. The minimum Gasteiger partial charge on any atom is -0.393 e. The number of rotatable bonds is 8. The molecular weight excluding hydrogens is 196 g/mol. The van der Waals surface area contributed by atoms with Crippen LogP contribution in [0.1, 0.15) is 40.0 Å². The number of carbonyl (C=O) groups excluding carboxylic acids is 1. The maximum absolute atomic E-state index is 10.3. The van der Waals surface area contributed by atoms with E-state index in [1.807, 2.05) is 13.8 Å². The zero-order valence-corrected chi connectivity index (χ0v) is 9.72. The molecule has 90 valence electrons. The van der Waals surface area contributed by atoms with Gasteiger partial charge in [-0.1, -0.05) is 0 Å². The summed E-state index contributed by atoms with van der Waals surface area (Å²) in [6, 6.07) is 0. The zero-order valence-electron chi connectivity index (χ0n) is 9.72. The highest BCUT2D eigenvalue weighted by molar-refractivity contribution is 5.49. The largest absolute Gasteiger partial charge is 0.393 e. The predicted molar refractivity (Wildman–Crippen MR) is 57.6 cm³/mol. The fourth-order valence-corrected chi connectivity index (χ4v) is 1.43. The van der Waals surface area contributed by atoms with Gasteiger partial charge in [-0.3, -0.25) is 0 Å². The Hall–Kier alpha value is -0.450. The minimum atomic E-state index is -0.715. The van der Waals surface area contributed by atoms with Gasteiger partial charge in [-0.2, -0.15) is 0 Å². The Kier molecular flexibility index (Phi) is 7.56. The van der Waals surface area contributed by atoms with E-state index >= 15 is 0 Å². The van der Waals surface area contributed by atoms with E-state index < -0.39 is 12.2 Å². The van der Waals surface area contributed by atoms with Crippen LogP contribution in [0.25, 0.3) is 0 Å². The highest BCUT2D eigenvalue weighted by Crippen LogP contribution is 2.13. The molecule has 0 aromatic heterocycles. The molecule has 0 saturated carbocycles. The lowest BCUT2D eigenvalue weighted by molar-refractivity contribution is -0.111. The van der Waals surface area contributed by atoms with Crippen molar-refractivity contribution < 1.29 is 19.7 Å². The fraction of sp³-hybridized carbons (Fsp3) is 0.909. The molecule has 0 rings (SSSR count).